The van der Waals surface area contributed by atoms with E-state index in [9.17, 15) is 24.9 Å². The second-order valence-corrected chi connectivity index (χ2v) is 5.12. The zero-order valence-corrected chi connectivity index (χ0v) is 13.0. The van der Waals surface area contributed by atoms with Crippen LogP contribution in [-0.4, -0.2) is 38.0 Å². The van der Waals surface area contributed by atoms with Crippen molar-refractivity contribution in [3.8, 4) is 17.2 Å². The number of carbonyl (C=O) groups is 2. The number of amides is 1. The van der Waals surface area contributed by atoms with E-state index in [0.29, 0.717) is 11.3 Å². The Morgan fingerprint density at radius 3 is 2.08 bits per heavy atom. The zero-order chi connectivity index (χ0) is 18.4. The van der Waals surface area contributed by atoms with E-state index < -0.39 is 29.1 Å². The molecule has 25 heavy (non-hydrogen) atoms. The maximum absolute atomic E-state index is 12.1. The van der Waals surface area contributed by atoms with Crippen LogP contribution in [0.15, 0.2) is 47.6 Å². The van der Waals surface area contributed by atoms with Crippen molar-refractivity contribution >= 4 is 17.6 Å². The number of nitrogens with zero attached hydrogens (tertiary/aromatic N) is 1. The highest BCUT2D eigenvalue weighted by Gasteiger charge is 2.14. The quantitative estimate of drug-likeness (QED) is 0.307. The van der Waals surface area contributed by atoms with Crippen LogP contribution in [0.25, 0.3) is 0 Å². The Hall–Kier alpha value is -3.55. The third kappa shape index (κ3) is 4.71. The fourth-order valence-electron chi connectivity index (χ4n) is 2.04. The first-order valence-corrected chi connectivity index (χ1v) is 7.27. The Morgan fingerprint density at radius 2 is 1.52 bits per heavy atom. The predicted molar refractivity (Wildman–Crippen MR) is 88.8 cm³/mol. The number of rotatable bonds is 6. The number of hydrogen-bond acceptors (Lipinski definition) is 6. The van der Waals surface area contributed by atoms with Crippen molar-refractivity contribution in [2.75, 3.05) is 0 Å². The van der Waals surface area contributed by atoms with Crippen LogP contribution in [0.4, 0.5) is 0 Å². The number of aromatic hydroxyl groups is 3. The molecule has 0 fully saturated rings. The number of carboxylic acid groups (broad SMARTS) is 1. The van der Waals surface area contributed by atoms with Crippen molar-refractivity contribution < 1.29 is 30.0 Å². The summed E-state index contributed by atoms with van der Waals surface area (Å²) in [6.07, 6.45) is -0.0594. The summed E-state index contributed by atoms with van der Waals surface area (Å²) in [5.41, 5.74) is 3.14. The van der Waals surface area contributed by atoms with Gasteiger partial charge in [-0.2, -0.15) is 5.10 Å². The lowest BCUT2D eigenvalue weighted by atomic mass is 10.1. The molecule has 2 aromatic rings. The second-order valence-electron chi connectivity index (χ2n) is 5.12. The fourth-order valence-corrected chi connectivity index (χ4v) is 2.04. The smallest absolute Gasteiger partial charge is 0.303 e. The summed E-state index contributed by atoms with van der Waals surface area (Å²) >= 11 is 0. The molecule has 5 N–H and O–H groups in total. The normalized spacial score (nSPS) is 11.1. The Kier molecular flexibility index (Phi) is 5.57. The number of carboxylic acids is 1. The molecular formula is C17H16N2O6. The van der Waals surface area contributed by atoms with Gasteiger partial charge in [0.15, 0.2) is 17.2 Å². The SMILES string of the molecule is O=C(O)CCC(=NNC(=O)c1cc(O)c(O)c(O)c1)c1ccccc1. The summed E-state index contributed by atoms with van der Waals surface area (Å²) in [6, 6.07) is 10.7. The van der Waals surface area contributed by atoms with Gasteiger partial charge in [0.1, 0.15) is 0 Å². The highest BCUT2D eigenvalue weighted by atomic mass is 16.4. The van der Waals surface area contributed by atoms with Crippen LogP contribution < -0.4 is 5.43 Å². The van der Waals surface area contributed by atoms with Gasteiger partial charge >= 0.3 is 5.97 Å². The molecule has 8 heteroatoms. The third-order valence-corrected chi connectivity index (χ3v) is 3.31. The molecule has 0 aromatic heterocycles. The van der Waals surface area contributed by atoms with Crippen molar-refractivity contribution in [2.45, 2.75) is 12.8 Å². The molecule has 0 aliphatic carbocycles. The second kappa shape index (κ2) is 7.82. The lowest BCUT2D eigenvalue weighted by Crippen LogP contribution is -2.20. The van der Waals surface area contributed by atoms with Gasteiger partial charge in [-0.25, -0.2) is 5.43 Å². The molecule has 0 unspecified atom stereocenters. The summed E-state index contributed by atoms with van der Waals surface area (Å²) in [5.74, 6) is -3.77. The first kappa shape index (κ1) is 17.8. The van der Waals surface area contributed by atoms with Crippen molar-refractivity contribution in [1.82, 2.24) is 5.43 Å². The number of hydrazone groups is 1. The summed E-state index contributed by atoms with van der Waals surface area (Å²) < 4.78 is 0. The maximum Gasteiger partial charge on any atom is 0.303 e. The van der Waals surface area contributed by atoms with Gasteiger partial charge < -0.3 is 20.4 Å². The number of benzene rings is 2. The Labute approximate surface area is 142 Å². The molecule has 0 aliphatic rings. The largest absolute Gasteiger partial charge is 0.504 e. The lowest BCUT2D eigenvalue weighted by molar-refractivity contribution is -0.136. The van der Waals surface area contributed by atoms with Gasteiger partial charge in [-0.3, -0.25) is 9.59 Å². The van der Waals surface area contributed by atoms with E-state index >= 15 is 0 Å². The lowest BCUT2D eigenvalue weighted by Gasteiger charge is -2.08. The van der Waals surface area contributed by atoms with Crippen molar-refractivity contribution in [1.29, 1.82) is 0 Å². The van der Waals surface area contributed by atoms with E-state index in [0.717, 1.165) is 12.1 Å². The van der Waals surface area contributed by atoms with Gasteiger partial charge in [0.05, 0.1) is 12.1 Å². The molecule has 0 bridgehead atoms. The van der Waals surface area contributed by atoms with Gasteiger partial charge in [0, 0.05) is 12.0 Å². The highest BCUT2D eigenvalue weighted by molar-refractivity contribution is 6.03. The summed E-state index contributed by atoms with van der Waals surface area (Å²) in [4.78, 5) is 22.9. The van der Waals surface area contributed by atoms with Gasteiger partial charge in [0.25, 0.3) is 5.91 Å². The molecule has 2 aromatic carbocycles. The minimum absolute atomic E-state index is 0.103. The molecule has 2 rings (SSSR count). The van der Waals surface area contributed by atoms with Crippen molar-refractivity contribution in [3.63, 3.8) is 0 Å². The minimum atomic E-state index is -0.997. The molecule has 0 saturated heterocycles. The Bertz CT molecular complexity index is 794. The number of hydrogen-bond donors (Lipinski definition) is 5. The average molecular weight is 344 g/mol. The van der Waals surface area contributed by atoms with Crippen molar-refractivity contribution in [3.05, 3.63) is 53.6 Å². The van der Waals surface area contributed by atoms with Crippen LogP contribution in [0.2, 0.25) is 0 Å². The molecule has 0 aliphatic heterocycles. The molecule has 0 radical (unpaired) electrons. The van der Waals surface area contributed by atoms with E-state index in [1.165, 1.54) is 0 Å². The van der Waals surface area contributed by atoms with E-state index in [4.69, 9.17) is 5.11 Å². The minimum Gasteiger partial charge on any atom is -0.504 e. The third-order valence-electron chi connectivity index (χ3n) is 3.31. The number of carbonyl (C=O) groups excluding carboxylic acids is 1. The Balaban J connectivity index is 2.22. The monoisotopic (exact) mass is 344 g/mol. The van der Waals surface area contributed by atoms with Gasteiger partial charge in [-0.15, -0.1) is 0 Å². The number of phenols is 3. The van der Waals surface area contributed by atoms with Crippen LogP contribution in [0.1, 0.15) is 28.8 Å². The van der Waals surface area contributed by atoms with Gasteiger partial charge in [-0.1, -0.05) is 30.3 Å². The molecular weight excluding hydrogens is 328 g/mol. The molecule has 0 atom stereocenters. The van der Waals surface area contributed by atoms with Crippen molar-refractivity contribution in [2.24, 2.45) is 5.10 Å². The molecule has 8 nitrogen and oxygen atoms in total. The van der Waals surface area contributed by atoms with Crippen LogP contribution in [0, 0.1) is 0 Å². The van der Waals surface area contributed by atoms with E-state index in [2.05, 4.69) is 10.5 Å². The Morgan fingerprint density at radius 1 is 0.920 bits per heavy atom. The number of aliphatic carboxylic acids is 1. The average Bonchev–Trinajstić information content (AvgIpc) is 2.59. The van der Waals surface area contributed by atoms with Crippen LogP contribution in [-0.2, 0) is 4.79 Å². The van der Waals surface area contributed by atoms with Crippen LogP contribution in [0.5, 0.6) is 17.2 Å². The topological polar surface area (TPSA) is 139 Å². The zero-order valence-electron chi connectivity index (χ0n) is 13.0. The van der Waals surface area contributed by atoms with E-state index in [-0.39, 0.29) is 18.4 Å². The summed E-state index contributed by atoms with van der Waals surface area (Å²) in [5, 5.41) is 40.9. The molecule has 0 spiro atoms. The standard InChI is InChI=1S/C17H16N2O6/c20-13-8-11(9-14(21)16(13)24)17(25)19-18-12(6-7-15(22)23)10-4-2-1-3-5-10/h1-5,8-9,20-21,24H,6-7H2,(H,19,25)(H,22,23). The van der Waals surface area contributed by atoms with E-state index in [1.54, 1.807) is 30.3 Å². The molecule has 0 saturated carbocycles. The van der Waals surface area contributed by atoms with Gasteiger partial charge in [-0.05, 0) is 17.7 Å². The fraction of sp³-hybridized carbons (Fsp3) is 0.118. The number of phenolic OH excluding ortho intramolecular Hbond substituents is 3. The summed E-state index contributed by atoms with van der Waals surface area (Å²) in [7, 11) is 0. The maximum atomic E-state index is 12.1. The van der Waals surface area contributed by atoms with Gasteiger partial charge in [0.2, 0.25) is 0 Å². The van der Waals surface area contributed by atoms with Crippen LogP contribution in [0.3, 0.4) is 0 Å². The first-order chi connectivity index (χ1) is 11.9. The highest BCUT2D eigenvalue weighted by Crippen LogP contribution is 2.35. The first-order valence-electron chi connectivity index (χ1n) is 7.27. The summed E-state index contributed by atoms with van der Waals surface area (Å²) in [6.45, 7) is 0. The molecule has 1 amide bonds. The van der Waals surface area contributed by atoms with Crippen LogP contribution >= 0.6 is 0 Å². The predicted octanol–water partition coefficient (Wildman–Crippen LogP) is 1.80. The molecule has 0 heterocycles. The van der Waals surface area contributed by atoms with E-state index in [1.807, 2.05) is 0 Å². The number of nitrogens with one attached hydrogen (secondary N) is 1. The molecule has 130 valence electrons.